The van der Waals surface area contributed by atoms with Gasteiger partial charge in [0.25, 0.3) is 10.0 Å². The summed E-state index contributed by atoms with van der Waals surface area (Å²) in [6.07, 6.45) is 4.31. The van der Waals surface area contributed by atoms with Crippen molar-refractivity contribution >= 4 is 26.6 Å². The molecule has 0 unspecified atom stereocenters. The topological polar surface area (TPSA) is 112 Å². The van der Waals surface area contributed by atoms with Crippen LogP contribution in [0.3, 0.4) is 0 Å². The molecule has 0 atom stereocenters. The third-order valence-electron chi connectivity index (χ3n) is 4.28. The summed E-state index contributed by atoms with van der Waals surface area (Å²) in [7, 11) is -3.84. The van der Waals surface area contributed by atoms with Crippen LogP contribution >= 0.6 is 0 Å². The number of nitrogens with one attached hydrogen (secondary N) is 2. The molecule has 0 fully saturated rings. The highest BCUT2D eigenvalue weighted by Gasteiger charge is 2.18. The number of aromatic nitrogens is 2. The van der Waals surface area contributed by atoms with Gasteiger partial charge in [-0.3, -0.25) is 4.72 Å². The minimum atomic E-state index is -3.84. The lowest BCUT2D eigenvalue weighted by Gasteiger charge is -2.11. The Morgan fingerprint density at radius 2 is 2.11 bits per heavy atom. The number of hydrogen-bond acceptors (Lipinski definition) is 5. The number of fused-ring (bicyclic) bond motifs is 1. The number of H-pyrrole nitrogens is 1. The van der Waals surface area contributed by atoms with E-state index < -0.39 is 10.0 Å². The van der Waals surface area contributed by atoms with Crippen molar-refractivity contribution in [2.24, 2.45) is 0 Å². The van der Waals surface area contributed by atoms with Gasteiger partial charge in [-0.05, 0) is 30.7 Å². The fourth-order valence-electron chi connectivity index (χ4n) is 2.97. The van der Waals surface area contributed by atoms with Crippen molar-refractivity contribution in [2.75, 3.05) is 4.72 Å². The van der Waals surface area contributed by atoms with Crippen LogP contribution in [0.1, 0.15) is 11.1 Å². The number of nitriles is 1. The van der Waals surface area contributed by atoms with E-state index in [1.54, 1.807) is 30.5 Å². The molecule has 0 amide bonds. The van der Waals surface area contributed by atoms with Crippen molar-refractivity contribution in [1.29, 1.82) is 5.26 Å². The lowest BCUT2D eigenvalue weighted by molar-refractivity contribution is 0.558. The summed E-state index contributed by atoms with van der Waals surface area (Å²) in [5, 5.41) is 9.95. The zero-order valence-electron chi connectivity index (χ0n) is 14.2. The quantitative estimate of drug-likeness (QED) is 0.561. The standard InChI is InChI=1S/C19H14N4O3S/c1-12-5-6-16(19-18(12)14(8-20)9-21-19)23-27(24,25)15-4-2-3-13(7-15)17-10-26-11-22-17/h2-7,9-11,21,23H,1H3. The third kappa shape index (κ3) is 2.94. The average molecular weight is 378 g/mol. The van der Waals surface area contributed by atoms with Gasteiger partial charge < -0.3 is 9.40 Å². The van der Waals surface area contributed by atoms with Crippen molar-refractivity contribution in [3.05, 3.63) is 66.4 Å². The SMILES string of the molecule is Cc1ccc(NS(=O)(=O)c2cccc(-c3cocn3)c2)c2[nH]cc(C#N)c12. The number of rotatable bonds is 4. The number of hydrogen-bond donors (Lipinski definition) is 2. The van der Waals surface area contributed by atoms with Crippen molar-refractivity contribution in [3.63, 3.8) is 0 Å². The summed E-state index contributed by atoms with van der Waals surface area (Å²) in [5.74, 6) is 0. The number of aryl methyl sites for hydroxylation is 1. The van der Waals surface area contributed by atoms with Crippen LogP contribution in [0.15, 0.2) is 64.6 Å². The van der Waals surface area contributed by atoms with Gasteiger partial charge in [0, 0.05) is 17.1 Å². The number of nitrogens with zero attached hydrogens (tertiary/aromatic N) is 2. The summed E-state index contributed by atoms with van der Waals surface area (Å²) < 4.78 is 33.3. The van der Waals surface area contributed by atoms with Crippen LogP contribution in [-0.4, -0.2) is 18.4 Å². The maximum Gasteiger partial charge on any atom is 0.261 e. The normalized spacial score (nSPS) is 11.4. The van der Waals surface area contributed by atoms with Gasteiger partial charge in [0.1, 0.15) is 18.0 Å². The molecule has 0 aliphatic carbocycles. The fraction of sp³-hybridized carbons (Fsp3) is 0.0526. The Morgan fingerprint density at radius 3 is 2.85 bits per heavy atom. The Bertz CT molecular complexity index is 1280. The maximum atomic E-state index is 12.9. The predicted molar refractivity (Wildman–Crippen MR) is 100 cm³/mol. The highest BCUT2D eigenvalue weighted by atomic mass is 32.2. The summed E-state index contributed by atoms with van der Waals surface area (Å²) in [6, 6.07) is 12.0. The summed E-state index contributed by atoms with van der Waals surface area (Å²) in [6.45, 7) is 1.87. The summed E-state index contributed by atoms with van der Waals surface area (Å²) >= 11 is 0. The van der Waals surface area contributed by atoms with Crippen LogP contribution in [0, 0.1) is 18.3 Å². The Morgan fingerprint density at radius 1 is 1.26 bits per heavy atom. The van der Waals surface area contributed by atoms with Gasteiger partial charge in [-0.25, -0.2) is 13.4 Å². The molecule has 0 bridgehead atoms. The minimum absolute atomic E-state index is 0.101. The maximum absolute atomic E-state index is 12.9. The Kier molecular flexibility index (Phi) is 3.94. The molecule has 0 aliphatic heterocycles. The number of sulfonamides is 1. The second-order valence-electron chi connectivity index (χ2n) is 6.00. The molecule has 2 aromatic heterocycles. The molecule has 0 saturated carbocycles. The van der Waals surface area contributed by atoms with Crippen molar-refractivity contribution in [1.82, 2.24) is 9.97 Å². The molecule has 4 aromatic rings. The first-order valence-corrected chi connectivity index (χ1v) is 9.50. The van der Waals surface area contributed by atoms with Crippen LogP contribution in [0.25, 0.3) is 22.2 Å². The first-order valence-electron chi connectivity index (χ1n) is 8.02. The van der Waals surface area contributed by atoms with Gasteiger partial charge in [0.15, 0.2) is 6.39 Å². The molecular formula is C19H14N4O3S. The number of oxazole rings is 1. The van der Waals surface area contributed by atoms with Gasteiger partial charge in [0.2, 0.25) is 0 Å². The zero-order valence-corrected chi connectivity index (χ0v) is 15.0. The van der Waals surface area contributed by atoms with E-state index in [1.807, 2.05) is 6.92 Å². The Hall–Kier alpha value is -3.57. The zero-order chi connectivity index (χ0) is 19.0. The van der Waals surface area contributed by atoms with Crippen LogP contribution in [0.5, 0.6) is 0 Å². The molecule has 2 aromatic carbocycles. The van der Waals surface area contributed by atoms with Crippen molar-refractivity contribution in [3.8, 4) is 17.3 Å². The predicted octanol–water partition coefficient (Wildman–Crippen LogP) is 3.80. The van der Waals surface area contributed by atoms with Gasteiger partial charge in [-0.2, -0.15) is 5.26 Å². The molecule has 8 heteroatoms. The van der Waals surface area contributed by atoms with E-state index in [0.717, 1.165) is 5.56 Å². The molecule has 4 rings (SSSR count). The van der Waals surface area contributed by atoms with Gasteiger partial charge in [0.05, 0.1) is 21.7 Å². The molecular weight excluding hydrogens is 364 g/mol. The van der Waals surface area contributed by atoms with E-state index in [4.69, 9.17) is 4.42 Å². The van der Waals surface area contributed by atoms with Crippen LogP contribution in [0.4, 0.5) is 5.69 Å². The number of aromatic amines is 1. The average Bonchev–Trinajstić information content (AvgIpc) is 3.34. The second-order valence-corrected chi connectivity index (χ2v) is 7.68. The van der Waals surface area contributed by atoms with E-state index in [2.05, 4.69) is 20.8 Å². The van der Waals surface area contributed by atoms with Crippen molar-refractivity contribution < 1.29 is 12.8 Å². The first kappa shape index (κ1) is 16.9. The molecule has 7 nitrogen and oxygen atoms in total. The minimum Gasteiger partial charge on any atom is -0.451 e. The van der Waals surface area contributed by atoms with Gasteiger partial charge in [-0.15, -0.1) is 0 Å². The molecule has 0 radical (unpaired) electrons. The van der Waals surface area contributed by atoms with E-state index in [1.165, 1.54) is 24.8 Å². The molecule has 2 N–H and O–H groups in total. The molecule has 0 spiro atoms. The monoisotopic (exact) mass is 378 g/mol. The highest BCUT2D eigenvalue weighted by molar-refractivity contribution is 7.92. The summed E-state index contributed by atoms with van der Waals surface area (Å²) in [4.78, 5) is 7.12. The van der Waals surface area contributed by atoms with Gasteiger partial charge >= 0.3 is 0 Å². The highest BCUT2D eigenvalue weighted by Crippen LogP contribution is 2.30. The largest absolute Gasteiger partial charge is 0.451 e. The Balaban J connectivity index is 1.76. The van der Waals surface area contributed by atoms with E-state index in [-0.39, 0.29) is 4.90 Å². The van der Waals surface area contributed by atoms with Crippen LogP contribution in [-0.2, 0) is 10.0 Å². The van der Waals surface area contributed by atoms with Gasteiger partial charge in [-0.1, -0.05) is 18.2 Å². The smallest absolute Gasteiger partial charge is 0.261 e. The summed E-state index contributed by atoms with van der Waals surface area (Å²) in [5.41, 5.74) is 3.49. The lowest BCUT2D eigenvalue weighted by atomic mass is 10.1. The Labute approximate surface area is 155 Å². The molecule has 0 aliphatic rings. The number of benzene rings is 2. The van der Waals surface area contributed by atoms with Crippen molar-refractivity contribution in [2.45, 2.75) is 11.8 Å². The fourth-order valence-corrected chi connectivity index (χ4v) is 4.09. The molecule has 2 heterocycles. The molecule has 0 saturated heterocycles. The van der Waals surface area contributed by atoms with Crippen LogP contribution < -0.4 is 4.72 Å². The second kappa shape index (κ2) is 6.30. The molecule has 134 valence electrons. The number of anilines is 1. The van der Waals surface area contributed by atoms with E-state index >= 15 is 0 Å². The third-order valence-corrected chi connectivity index (χ3v) is 5.64. The first-order chi connectivity index (χ1) is 13.0. The molecule has 27 heavy (non-hydrogen) atoms. The van der Waals surface area contributed by atoms with E-state index in [0.29, 0.717) is 33.4 Å². The van der Waals surface area contributed by atoms with E-state index in [9.17, 15) is 13.7 Å². The van der Waals surface area contributed by atoms with Crippen LogP contribution in [0.2, 0.25) is 0 Å². The lowest BCUT2D eigenvalue weighted by Crippen LogP contribution is -2.13.